The molecule has 0 aromatic rings. The van der Waals surface area contributed by atoms with Crippen molar-refractivity contribution in [2.75, 3.05) is 0 Å². The molecule has 0 aromatic carbocycles. The number of ketones is 1. The highest BCUT2D eigenvalue weighted by atomic mass is 16.4. The van der Waals surface area contributed by atoms with Crippen LogP contribution in [0.2, 0.25) is 0 Å². The van der Waals surface area contributed by atoms with Gasteiger partial charge in [0.05, 0.1) is 0 Å². The number of carbonyl (C=O) groups excluding carboxylic acids is 1. The topological polar surface area (TPSA) is 54.4 Å². The molecule has 0 amide bonds. The number of aliphatic carboxylic acids is 1. The molecule has 0 bridgehead atoms. The largest absolute Gasteiger partial charge is 0.481 e. The normalized spacial score (nSPS) is 27.2. The lowest BCUT2D eigenvalue weighted by Crippen LogP contribution is -2.38. The van der Waals surface area contributed by atoms with Gasteiger partial charge in [-0.3, -0.25) is 9.59 Å². The average Bonchev–Trinajstić information content (AvgIpc) is 1.82. The molecule has 0 saturated heterocycles. The minimum absolute atomic E-state index is 0.293. The van der Waals surface area contributed by atoms with Crippen LogP contribution >= 0.6 is 0 Å². The van der Waals surface area contributed by atoms with E-state index in [1.54, 1.807) is 19.9 Å². The fourth-order valence-corrected chi connectivity index (χ4v) is 1.53. The SMILES string of the molecule is CC1(C)CC=CC(=O)C1C(=O)O. The lowest BCUT2D eigenvalue weighted by molar-refractivity contribution is -0.150. The quantitative estimate of drug-likeness (QED) is 0.599. The van der Waals surface area contributed by atoms with Crippen molar-refractivity contribution < 1.29 is 14.7 Å². The smallest absolute Gasteiger partial charge is 0.314 e. The molecule has 1 atom stereocenters. The van der Waals surface area contributed by atoms with E-state index in [0.29, 0.717) is 6.42 Å². The molecule has 1 rings (SSSR count). The van der Waals surface area contributed by atoms with Crippen molar-refractivity contribution in [3.8, 4) is 0 Å². The van der Waals surface area contributed by atoms with Crippen LogP contribution in [0.25, 0.3) is 0 Å². The van der Waals surface area contributed by atoms with Crippen LogP contribution in [0.1, 0.15) is 20.3 Å². The Balaban J connectivity index is 3.00. The van der Waals surface area contributed by atoms with E-state index in [4.69, 9.17) is 5.11 Å². The van der Waals surface area contributed by atoms with Gasteiger partial charge >= 0.3 is 5.97 Å². The third-order valence-electron chi connectivity index (χ3n) is 2.24. The molecule has 0 saturated carbocycles. The Morgan fingerprint density at radius 1 is 1.67 bits per heavy atom. The first-order chi connectivity index (χ1) is 5.45. The van der Waals surface area contributed by atoms with Crippen LogP contribution in [-0.4, -0.2) is 16.9 Å². The van der Waals surface area contributed by atoms with E-state index in [2.05, 4.69) is 0 Å². The van der Waals surface area contributed by atoms with Crippen LogP contribution < -0.4 is 0 Å². The van der Waals surface area contributed by atoms with E-state index in [9.17, 15) is 9.59 Å². The molecule has 0 aromatic heterocycles. The van der Waals surface area contributed by atoms with E-state index >= 15 is 0 Å². The highest BCUT2D eigenvalue weighted by Crippen LogP contribution is 2.35. The van der Waals surface area contributed by atoms with Gasteiger partial charge in [-0.15, -0.1) is 0 Å². The van der Waals surface area contributed by atoms with Crippen molar-refractivity contribution in [1.29, 1.82) is 0 Å². The Hall–Kier alpha value is -1.12. The maximum absolute atomic E-state index is 11.2. The summed E-state index contributed by atoms with van der Waals surface area (Å²) < 4.78 is 0. The molecule has 1 aliphatic rings. The Morgan fingerprint density at radius 3 is 2.58 bits per heavy atom. The van der Waals surface area contributed by atoms with E-state index in [1.165, 1.54) is 6.08 Å². The van der Waals surface area contributed by atoms with Crippen LogP contribution in [0.3, 0.4) is 0 Å². The van der Waals surface area contributed by atoms with Gasteiger partial charge in [-0.25, -0.2) is 0 Å². The first kappa shape index (κ1) is 8.97. The van der Waals surface area contributed by atoms with Crippen molar-refractivity contribution in [1.82, 2.24) is 0 Å². The third kappa shape index (κ3) is 1.40. The summed E-state index contributed by atoms with van der Waals surface area (Å²) in [4.78, 5) is 21.9. The minimum Gasteiger partial charge on any atom is -0.481 e. The van der Waals surface area contributed by atoms with Gasteiger partial charge in [0, 0.05) is 0 Å². The van der Waals surface area contributed by atoms with Gasteiger partial charge in [-0.05, 0) is 17.9 Å². The maximum Gasteiger partial charge on any atom is 0.314 e. The zero-order valence-electron chi connectivity index (χ0n) is 7.20. The first-order valence-electron chi connectivity index (χ1n) is 3.88. The monoisotopic (exact) mass is 168 g/mol. The highest BCUT2D eigenvalue weighted by molar-refractivity contribution is 6.05. The highest BCUT2D eigenvalue weighted by Gasteiger charge is 2.40. The molecular formula is C9H12O3. The number of rotatable bonds is 1. The molecular weight excluding hydrogens is 156 g/mol. The first-order valence-corrected chi connectivity index (χ1v) is 3.88. The van der Waals surface area contributed by atoms with Gasteiger partial charge in [-0.1, -0.05) is 19.9 Å². The predicted octanol–water partition coefficient (Wildman–Crippen LogP) is 1.24. The van der Waals surface area contributed by atoms with Crippen molar-refractivity contribution >= 4 is 11.8 Å². The summed E-state index contributed by atoms with van der Waals surface area (Å²) in [7, 11) is 0. The summed E-state index contributed by atoms with van der Waals surface area (Å²) in [6.07, 6.45) is 3.75. The molecule has 0 spiro atoms. The number of carbonyl (C=O) groups is 2. The van der Waals surface area contributed by atoms with Gasteiger partial charge in [0.15, 0.2) is 5.78 Å². The summed E-state index contributed by atoms with van der Waals surface area (Å²) in [5.74, 6) is -2.18. The molecule has 3 nitrogen and oxygen atoms in total. The molecule has 0 fully saturated rings. The maximum atomic E-state index is 11.2. The van der Waals surface area contributed by atoms with Gasteiger partial charge in [0.25, 0.3) is 0 Å². The molecule has 0 heterocycles. The summed E-state index contributed by atoms with van der Waals surface area (Å²) in [6.45, 7) is 3.60. The second-order valence-electron chi connectivity index (χ2n) is 3.77. The molecule has 0 aliphatic heterocycles. The summed E-state index contributed by atoms with van der Waals surface area (Å²) >= 11 is 0. The second kappa shape index (κ2) is 2.73. The molecule has 1 aliphatic carbocycles. The van der Waals surface area contributed by atoms with E-state index < -0.39 is 17.3 Å². The van der Waals surface area contributed by atoms with Crippen LogP contribution in [0.15, 0.2) is 12.2 Å². The zero-order valence-corrected chi connectivity index (χ0v) is 7.20. The third-order valence-corrected chi connectivity index (χ3v) is 2.24. The number of allylic oxidation sites excluding steroid dienone is 2. The van der Waals surface area contributed by atoms with Gasteiger partial charge in [-0.2, -0.15) is 0 Å². The Morgan fingerprint density at radius 2 is 2.25 bits per heavy atom. The molecule has 3 heteroatoms. The van der Waals surface area contributed by atoms with Crippen LogP contribution in [0, 0.1) is 11.3 Å². The van der Waals surface area contributed by atoms with Crippen LogP contribution in [0.4, 0.5) is 0 Å². The average molecular weight is 168 g/mol. The van der Waals surface area contributed by atoms with E-state index in [1.807, 2.05) is 0 Å². The lowest BCUT2D eigenvalue weighted by atomic mass is 9.71. The molecule has 12 heavy (non-hydrogen) atoms. The molecule has 66 valence electrons. The number of hydrogen-bond acceptors (Lipinski definition) is 2. The predicted molar refractivity (Wildman–Crippen MR) is 43.7 cm³/mol. The van der Waals surface area contributed by atoms with E-state index in [-0.39, 0.29) is 5.78 Å². The van der Waals surface area contributed by atoms with Gasteiger partial charge in [0.1, 0.15) is 5.92 Å². The van der Waals surface area contributed by atoms with Crippen LogP contribution in [0.5, 0.6) is 0 Å². The zero-order chi connectivity index (χ0) is 9.35. The standard InChI is InChI=1S/C9H12O3/c1-9(2)5-3-4-6(10)7(9)8(11)12/h3-4,7H,5H2,1-2H3,(H,11,12). The Kier molecular flexibility index (Phi) is 2.04. The fourth-order valence-electron chi connectivity index (χ4n) is 1.53. The van der Waals surface area contributed by atoms with Crippen molar-refractivity contribution in [2.45, 2.75) is 20.3 Å². The number of carboxylic acid groups (broad SMARTS) is 1. The second-order valence-corrected chi connectivity index (χ2v) is 3.77. The van der Waals surface area contributed by atoms with Gasteiger partial charge in [0.2, 0.25) is 0 Å². The van der Waals surface area contributed by atoms with Gasteiger partial charge < -0.3 is 5.11 Å². The number of hydrogen-bond donors (Lipinski definition) is 1. The van der Waals surface area contributed by atoms with Crippen molar-refractivity contribution in [3.63, 3.8) is 0 Å². The summed E-state index contributed by atoms with van der Waals surface area (Å²) in [6, 6.07) is 0. The molecule has 1 unspecified atom stereocenters. The lowest BCUT2D eigenvalue weighted by Gasteiger charge is -2.31. The van der Waals surface area contributed by atoms with Crippen molar-refractivity contribution in [3.05, 3.63) is 12.2 Å². The molecule has 0 radical (unpaired) electrons. The van der Waals surface area contributed by atoms with Crippen molar-refractivity contribution in [2.24, 2.45) is 11.3 Å². The Labute approximate surface area is 71.1 Å². The number of carboxylic acids is 1. The van der Waals surface area contributed by atoms with Crippen LogP contribution in [-0.2, 0) is 9.59 Å². The summed E-state index contributed by atoms with van der Waals surface area (Å²) in [5.41, 5.74) is -0.447. The Bertz CT molecular complexity index is 250. The minimum atomic E-state index is -1.02. The van der Waals surface area contributed by atoms with E-state index in [0.717, 1.165) is 0 Å². The summed E-state index contributed by atoms with van der Waals surface area (Å²) in [5, 5.41) is 8.79. The molecule has 1 N–H and O–H groups in total. The fraction of sp³-hybridized carbons (Fsp3) is 0.556.